The third-order valence-electron chi connectivity index (χ3n) is 3.33. The molecule has 0 radical (unpaired) electrons. The molecule has 1 N–H and O–H groups in total. The third kappa shape index (κ3) is 3.47. The smallest absolute Gasteiger partial charge is 0.258 e. The first kappa shape index (κ1) is 14.2. The number of carbonyl (C=O) groups excluding carboxylic acids is 1. The van der Waals surface area contributed by atoms with Crippen molar-refractivity contribution in [2.75, 3.05) is 6.61 Å². The van der Waals surface area contributed by atoms with Crippen molar-refractivity contribution < 1.29 is 13.9 Å². The zero-order valence-corrected chi connectivity index (χ0v) is 12.3. The van der Waals surface area contributed by atoms with Crippen LogP contribution >= 0.6 is 0 Å². The molecule has 0 fully saturated rings. The van der Waals surface area contributed by atoms with E-state index in [0.29, 0.717) is 12.3 Å². The second kappa shape index (κ2) is 6.35. The normalized spacial score (nSPS) is 10.6. The third-order valence-corrected chi connectivity index (χ3v) is 3.33. The number of hydrogen-bond donors (Lipinski definition) is 1. The van der Waals surface area contributed by atoms with Gasteiger partial charge in [-0.25, -0.2) is 0 Å². The zero-order chi connectivity index (χ0) is 15.4. The van der Waals surface area contributed by atoms with E-state index in [1.165, 1.54) is 0 Å². The molecule has 0 aliphatic heterocycles. The topological polar surface area (TPSA) is 51.5 Å². The molecule has 3 rings (SSSR count). The van der Waals surface area contributed by atoms with E-state index < -0.39 is 0 Å². The number of para-hydroxylation sites is 1. The monoisotopic (exact) mass is 295 g/mol. The van der Waals surface area contributed by atoms with Crippen LogP contribution in [0.25, 0.3) is 11.0 Å². The average Bonchev–Trinajstić information content (AvgIpc) is 2.95. The van der Waals surface area contributed by atoms with Crippen LogP contribution in [0.1, 0.15) is 11.3 Å². The van der Waals surface area contributed by atoms with Crippen molar-refractivity contribution in [2.24, 2.45) is 0 Å². The predicted octanol–water partition coefficient (Wildman–Crippen LogP) is 3.44. The molecule has 0 aliphatic rings. The molecule has 1 heterocycles. The SMILES string of the molecule is Cc1ccc(OCC(=O)NCc2cc3ccccc3o2)cc1. The zero-order valence-electron chi connectivity index (χ0n) is 12.3. The fourth-order valence-corrected chi connectivity index (χ4v) is 2.14. The minimum absolute atomic E-state index is 0.0106. The molecular weight excluding hydrogens is 278 g/mol. The van der Waals surface area contributed by atoms with E-state index in [2.05, 4.69) is 5.32 Å². The van der Waals surface area contributed by atoms with Crippen molar-refractivity contribution in [2.45, 2.75) is 13.5 Å². The minimum Gasteiger partial charge on any atom is -0.484 e. The molecule has 0 unspecified atom stereocenters. The molecule has 22 heavy (non-hydrogen) atoms. The average molecular weight is 295 g/mol. The molecule has 0 atom stereocenters. The van der Waals surface area contributed by atoms with Crippen molar-refractivity contribution >= 4 is 16.9 Å². The first-order valence-electron chi connectivity index (χ1n) is 7.14. The van der Waals surface area contributed by atoms with E-state index in [1.54, 1.807) is 0 Å². The molecule has 3 aromatic rings. The highest BCUT2D eigenvalue weighted by molar-refractivity contribution is 5.79. The fourth-order valence-electron chi connectivity index (χ4n) is 2.14. The minimum atomic E-state index is -0.180. The number of fused-ring (bicyclic) bond motifs is 1. The Bertz CT molecular complexity index is 741. The van der Waals surface area contributed by atoms with Crippen LogP contribution in [0.2, 0.25) is 0 Å². The van der Waals surface area contributed by atoms with Crippen molar-refractivity contribution in [3.05, 3.63) is 65.9 Å². The Labute approximate surface area is 128 Å². The molecule has 2 aromatic carbocycles. The summed E-state index contributed by atoms with van der Waals surface area (Å²) < 4.78 is 11.1. The largest absolute Gasteiger partial charge is 0.484 e. The van der Waals surface area contributed by atoms with Crippen LogP contribution in [0.15, 0.2) is 59.0 Å². The van der Waals surface area contributed by atoms with Gasteiger partial charge in [-0.05, 0) is 31.2 Å². The van der Waals surface area contributed by atoms with Gasteiger partial charge in [-0.2, -0.15) is 0 Å². The van der Waals surface area contributed by atoms with Gasteiger partial charge < -0.3 is 14.5 Å². The van der Waals surface area contributed by atoms with Crippen LogP contribution in [-0.2, 0) is 11.3 Å². The van der Waals surface area contributed by atoms with Gasteiger partial charge in [0, 0.05) is 5.39 Å². The van der Waals surface area contributed by atoms with Crippen molar-refractivity contribution in [3.63, 3.8) is 0 Å². The van der Waals surface area contributed by atoms with Crippen LogP contribution in [-0.4, -0.2) is 12.5 Å². The van der Waals surface area contributed by atoms with E-state index in [0.717, 1.165) is 22.3 Å². The summed E-state index contributed by atoms with van der Waals surface area (Å²) in [6, 6.07) is 17.3. The second-order valence-electron chi connectivity index (χ2n) is 5.13. The predicted molar refractivity (Wildman–Crippen MR) is 84.7 cm³/mol. The number of carbonyl (C=O) groups is 1. The van der Waals surface area contributed by atoms with Gasteiger partial charge >= 0.3 is 0 Å². The first-order valence-corrected chi connectivity index (χ1v) is 7.14. The highest BCUT2D eigenvalue weighted by Gasteiger charge is 2.06. The number of hydrogen-bond acceptors (Lipinski definition) is 3. The Morgan fingerprint density at radius 3 is 2.68 bits per heavy atom. The summed E-state index contributed by atoms with van der Waals surface area (Å²) in [7, 11) is 0. The number of furan rings is 1. The molecule has 4 nitrogen and oxygen atoms in total. The number of amides is 1. The highest BCUT2D eigenvalue weighted by Crippen LogP contribution is 2.18. The van der Waals surface area contributed by atoms with Gasteiger partial charge in [0.05, 0.1) is 6.54 Å². The van der Waals surface area contributed by atoms with Gasteiger partial charge in [0.1, 0.15) is 17.1 Å². The lowest BCUT2D eigenvalue weighted by Gasteiger charge is -2.06. The van der Waals surface area contributed by atoms with Crippen molar-refractivity contribution in [3.8, 4) is 5.75 Å². The Morgan fingerprint density at radius 2 is 1.91 bits per heavy atom. The van der Waals surface area contributed by atoms with Crippen molar-refractivity contribution in [1.82, 2.24) is 5.32 Å². The standard InChI is InChI=1S/C18H17NO3/c1-13-6-8-15(9-7-13)21-12-18(20)19-11-16-10-14-4-2-3-5-17(14)22-16/h2-10H,11-12H2,1H3,(H,19,20). The number of benzene rings is 2. The lowest BCUT2D eigenvalue weighted by molar-refractivity contribution is -0.123. The molecule has 0 spiro atoms. The second-order valence-corrected chi connectivity index (χ2v) is 5.13. The molecule has 1 amide bonds. The van der Waals surface area contributed by atoms with Crippen LogP contribution < -0.4 is 10.1 Å². The summed E-state index contributed by atoms with van der Waals surface area (Å²) in [5.74, 6) is 1.23. The Balaban J connectivity index is 1.50. The van der Waals surface area contributed by atoms with E-state index in [4.69, 9.17) is 9.15 Å². The van der Waals surface area contributed by atoms with Crippen LogP contribution in [0.4, 0.5) is 0 Å². The molecule has 1 aromatic heterocycles. The number of rotatable bonds is 5. The van der Waals surface area contributed by atoms with Crippen LogP contribution in [0, 0.1) is 6.92 Å². The van der Waals surface area contributed by atoms with Crippen LogP contribution in [0.3, 0.4) is 0 Å². The van der Waals surface area contributed by atoms with E-state index in [9.17, 15) is 4.79 Å². The molecule has 0 saturated heterocycles. The molecule has 0 saturated carbocycles. The summed E-state index contributed by atoms with van der Waals surface area (Å²) in [5, 5.41) is 3.81. The lowest BCUT2D eigenvalue weighted by atomic mass is 10.2. The van der Waals surface area contributed by atoms with Gasteiger partial charge in [0.2, 0.25) is 0 Å². The lowest BCUT2D eigenvalue weighted by Crippen LogP contribution is -2.28. The maximum Gasteiger partial charge on any atom is 0.258 e. The van der Waals surface area contributed by atoms with Crippen LogP contribution in [0.5, 0.6) is 5.75 Å². The Kier molecular flexibility index (Phi) is 4.10. The molecule has 112 valence electrons. The highest BCUT2D eigenvalue weighted by atomic mass is 16.5. The molecule has 0 bridgehead atoms. The summed E-state index contributed by atoms with van der Waals surface area (Å²) in [4.78, 5) is 11.8. The maximum atomic E-state index is 11.8. The number of ether oxygens (including phenoxy) is 1. The van der Waals surface area contributed by atoms with Gasteiger partial charge in [-0.3, -0.25) is 4.79 Å². The Morgan fingerprint density at radius 1 is 1.14 bits per heavy atom. The van der Waals surface area contributed by atoms with E-state index in [-0.39, 0.29) is 12.5 Å². The van der Waals surface area contributed by atoms with E-state index >= 15 is 0 Å². The van der Waals surface area contributed by atoms with Gasteiger partial charge in [-0.15, -0.1) is 0 Å². The quantitative estimate of drug-likeness (QED) is 0.784. The maximum absolute atomic E-state index is 11.8. The molecular formula is C18H17NO3. The van der Waals surface area contributed by atoms with Gasteiger partial charge in [-0.1, -0.05) is 35.9 Å². The number of aryl methyl sites for hydroxylation is 1. The van der Waals surface area contributed by atoms with Gasteiger partial charge in [0.25, 0.3) is 5.91 Å². The summed E-state index contributed by atoms with van der Waals surface area (Å²) in [5.41, 5.74) is 1.98. The summed E-state index contributed by atoms with van der Waals surface area (Å²) in [6.45, 7) is 2.35. The Hall–Kier alpha value is -2.75. The summed E-state index contributed by atoms with van der Waals surface area (Å²) in [6.07, 6.45) is 0. The van der Waals surface area contributed by atoms with Crippen molar-refractivity contribution in [1.29, 1.82) is 0 Å². The molecule has 4 heteroatoms. The first-order chi connectivity index (χ1) is 10.7. The molecule has 0 aliphatic carbocycles. The summed E-state index contributed by atoms with van der Waals surface area (Å²) >= 11 is 0. The van der Waals surface area contributed by atoms with E-state index in [1.807, 2.05) is 61.5 Å². The fraction of sp³-hybridized carbons (Fsp3) is 0.167. The van der Waals surface area contributed by atoms with Gasteiger partial charge in [0.15, 0.2) is 6.61 Å². The number of nitrogens with one attached hydrogen (secondary N) is 1.